The number of carbonyl (C=O) groups is 1. The highest BCUT2D eigenvalue weighted by molar-refractivity contribution is 7.80. The molecule has 0 aliphatic carbocycles. The largest absolute Gasteiger partial charge is 0.457 e. The Morgan fingerprint density at radius 2 is 1.81 bits per heavy atom. The molecule has 3 rings (SSSR count). The average Bonchev–Trinajstić information content (AvgIpc) is 2.94. The van der Waals surface area contributed by atoms with E-state index in [0.29, 0.717) is 28.5 Å². The highest BCUT2D eigenvalue weighted by Gasteiger charge is 2.18. The first-order chi connectivity index (χ1) is 12.5. The van der Waals surface area contributed by atoms with Crippen LogP contribution in [0.3, 0.4) is 0 Å². The molecule has 26 heavy (non-hydrogen) atoms. The van der Waals surface area contributed by atoms with E-state index in [4.69, 9.17) is 21.5 Å². The van der Waals surface area contributed by atoms with Crippen molar-refractivity contribution in [2.45, 2.75) is 13.8 Å². The van der Waals surface area contributed by atoms with E-state index in [2.05, 4.69) is 15.8 Å². The Morgan fingerprint density at radius 3 is 2.50 bits per heavy atom. The lowest BCUT2D eigenvalue weighted by Gasteiger charge is -2.11. The Kier molecular flexibility index (Phi) is 5.28. The quantitative estimate of drug-likeness (QED) is 0.673. The third-order valence-corrected chi connectivity index (χ3v) is 3.76. The molecule has 0 bridgehead atoms. The molecule has 0 aliphatic heterocycles. The molecule has 2 N–H and O–H groups in total. The van der Waals surface area contributed by atoms with Gasteiger partial charge in [-0.1, -0.05) is 29.4 Å². The molecule has 1 amide bonds. The summed E-state index contributed by atoms with van der Waals surface area (Å²) in [5.41, 5.74) is 1.60. The number of benzene rings is 2. The number of hydrogen-bond acceptors (Lipinski definition) is 5. The number of anilines is 1. The third-order valence-electron chi connectivity index (χ3n) is 3.56. The summed E-state index contributed by atoms with van der Waals surface area (Å²) < 4.78 is 10.8. The van der Waals surface area contributed by atoms with Gasteiger partial charge in [0.2, 0.25) is 0 Å². The normalized spacial score (nSPS) is 10.2. The zero-order valence-electron chi connectivity index (χ0n) is 14.3. The third kappa shape index (κ3) is 4.25. The van der Waals surface area contributed by atoms with Gasteiger partial charge in [0.05, 0.1) is 5.69 Å². The lowest BCUT2D eigenvalue weighted by atomic mass is 10.2. The summed E-state index contributed by atoms with van der Waals surface area (Å²) in [5, 5.41) is 9.53. The number of amides is 1. The molecular weight excluding hydrogens is 350 g/mol. The molecule has 132 valence electrons. The number of hydrogen-bond donors (Lipinski definition) is 2. The fraction of sp³-hybridized carbons (Fsp3) is 0.105. The maximum absolute atomic E-state index is 12.3. The number of nitrogens with one attached hydrogen (secondary N) is 2. The van der Waals surface area contributed by atoms with Gasteiger partial charge in [-0.05, 0) is 50.3 Å². The lowest BCUT2D eigenvalue weighted by molar-refractivity contribution is 0.0976. The van der Waals surface area contributed by atoms with Crippen molar-refractivity contribution in [3.63, 3.8) is 0 Å². The second-order valence-corrected chi connectivity index (χ2v) is 5.96. The maximum atomic E-state index is 12.3. The number of nitrogens with zero attached hydrogens (tertiary/aromatic N) is 1. The van der Waals surface area contributed by atoms with Crippen molar-refractivity contribution in [1.29, 1.82) is 0 Å². The van der Waals surface area contributed by atoms with Gasteiger partial charge in [-0.3, -0.25) is 10.1 Å². The lowest BCUT2D eigenvalue weighted by Crippen LogP contribution is -2.34. The fourth-order valence-electron chi connectivity index (χ4n) is 2.40. The number of aryl methyl sites for hydroxylation is 2. The molecule has 0 saturated carbocycles. The zero-order chi connectivity index (χ0) is 18.5. The molecule has 0 spiro atoms. The van der Waals surface area contributed by atoms with Crippen LogP contribution in [0, 0.1) is 13.8 Å². The van der Waals surface area contributed by atoms with Gasteiger partial charge in [-0.15, -0.1) is 0 Å². The number of aromatic nitrogens is 1. The summed E-state index contributed by atoms with van der Waals surface area (Å²) >= 11 is 5.21. The van der Waals surface area contributed by atoms with Gasteiger partial charge < -0.3 is 14.6 Å². The fourth-order valence-corrected chi connectivity index (χ4v) is 2.61. The Balaban J connectivity index is 1.64. The van der Waals surface area contributed by atoms with Gasteiger partial charge in [-0.2, -0.15) is 0 Å². The summed E-state index contributed by atoms with van der Waals surface area (Å²) in [5.74, 6) is 1.47. The first-order valence-electron chi connectivity index (χ1n) is 7.91. The Morgan fingerprint density at radius 1 is 1.08 bits per heavy atom. The molecule has 0 atom stereocenters. The minimum absolute atomic E-state index is 0.173. The first-order valence-corrected chi connectivity index (χ1v) is 8.32. The minimum atomic E-state index is -0.365. The maximum Gasteiger partial charge on any atom is 0.262 e. The van der Waals surface area contributed by atoms with E-state index in [-0.39, 0.29) is 11.0 Å². The van der Waals surface area contributed by atoms with Gasteiger partial charge in [0, 0.05) is 11.8 Å². The van der Waals surface area contributed by atoms with Crippen LogP contribution in [0.4, 0.5) is 5.69 Å². The van der Waals surface area contributed by atoms with Crippen LogP contribution in [0.15, 0.2) is 59.1 Å². The van der Waals surface area contributed by atoms with Gasteiger partial charge >= 0.3 is 0 Å². The van der Waals surface area contributed by atoms with Crippen LogP contribution in [0.5, 0.6) is 11.5 Å². The van der Waals surface area contributed by atoms with Crippen molar-refractivity contribution < 1.29 is 14.1 Å². The standard InChI is InChI=1S/C19H17N3O3S/c1-12-17(13(2)25-22-12)18(23)21-19(26)20-14-7-6-10-16(11-14)24-15-8-4-3-5-9-15/h3-11H,1-2H3,(H2,20,21,23,26). The van der Waals surface area contributed by atoms with E-state index in [1.165, 1.54) is 0 Å². The molecule has 2 aromatic carbocycles. The molecule has 0 fully saturated rings. The topological polar surface area (TPSA) is 76.4 Å². The highest BCUT2D eigenvalue weighted by atomic mass is 32.1. The summed E-state index contributed by atoms with van der Waals surface area (Å²) in [6.07, 6.45) is 0. The van der Waals surface area contributed by atoms with Crippen molar-refractivity contribution in [2.24, 2.45) is 0 Å². The molecule has 0 aliphatic rings. The molecule has 0 radical (unpaired) electrons. The van der Waals surface area contributed by atoms with Gasteiger partial charge in [0.25, 0.3) is 5.91 Å². The Hall–Kier alpha value is -3.19. The van der Waals surface area contributed by atoms with Crippen LogP contribution < -0.4 is 15.4 Å². The second kappa shape index (κ2) is 7.79. The molecule has 0 saturated heterocycles. The van der Waals surface area contributed by atoms with E-state index in [1.54, 1.807) is 19.9 Å². The SMILES string of the molecule is Cc1noc(C)c1C(=O)NC(=S)Nc1cccc(Oc2ccccc2)c1. The zero-order valence-corrected chi connectivity index (χ0v) is 15.1. The van der Waals surface area contributed by atoms with Crippen LogP contribution in [-0.2, 0) is 0 Å². The predicted octanol–water partition coefficient (Wildman–Crippen LogP) is 4.21. The number of carbonyl (C=O) groups excluding carboxylic acids is 1. The summed E-state index contributed by atoms with van der Waals surface area (Å²) in [7, 11) is 0. The van der Waals surface area contributed by atoms with Crippen molar-refractivity contribution >= 4 is 28.9 Å². The van der Waals surface area contributed by atoms with Gasteiger partial charge in [0.15, 0.2) is 5.11 Å². The van der Waals surface area contributed by atoms with Crippen LogP contribution in [-0.4, -0.2) is 16.2 Å². The van der Waals surface area contributed by atoms with Crippen molar-refractivity contribution in [3.8, 4) is 11.5 Å². The molecule has 7 heteroatoms. The van der Waals surface area contributed by atoms with Gasteiger partial charge in [0.1, 0.15) is 22.8 Å². The monoisotopic (exact) mass is 367 g/mol. The van der Waals surface area contributed by atoms with E-state index >= 15 is 0 Å². The van der Waals surface area contributed by atoms with Crippen LogP contribution >= 0.6 is 12.2 Å². The molecular formula is C19H17N3O3S. The van der Waals surface area contributed by atoms with Crippen molar-refractivity contribution in [1.82, 2.24) is 10.5 Å². The molecule has 0 unspecified atom stereocenters. The van der Waals surface area contributed by atoms with Gasteiger partial charge in [-0.25, -0.2) is 0 Å². The molecule has 1 aromatic heterocycles. The smallest absolute Gasteiger partial charge is 0.262 e. The molecule has 1 heterocycles. The van der Waals surface area contributed by atoms with Crippen LogP contribution in [0.25, 0.3) is 0 Å². The van der Waals surface area contributed by atoms with E-state index < -0.39 is 0 Å². The molecule has 6 nitrogen and oxygen atoms in total. The van der Waals surface area contributed by atoms with E-state index in [0.717, 1.165) is 5.75 Å². The Bertz CT molecular complexity index is 919. The molecule has 3 aromatic rings. The van der Waals surface area contributed by atoms with E-state index in [1.807, 2.05) is 48.5 Å². The predicted molar refractivity (Wildman–Crippen MR) is 103 cm³/mol. The summed E-state index contributed by atoms with van der Waals surface area (Å²) in [6, 6.07) is 16.7. The average molecular weight is 367 g/mol. The number of rotatable bonds is 4. The number of ether oxygens (including phenoxy) is 1. The summed E-state index contributed by atoms with van der Waals surface area (Å²) in [6.45, 7) is 3.38. The summed E-state index contributed by atoms with van der Waals surface area (Å²) in [4.78, 5) is 12.3. The van der Waals surface area contributed by atoms with E-state index in [9.17, 15) is 4.79 Å². The van der Waals surface area contributed by atoms with Crippen molar-refractivity contribution in [2.75, 3.05) is 5.32 Å². The number of thiocarbonyl (C=S) groups is 1. The Labute approximate surface area is 156 Å². The minimum Gasteiger partial charge on any atom is -0.457 e. The highest BCUT2D eigenvalue weighted by Crippen LogP contribution is 2.23. The first kappa shape index (κ1) is 17.6. The number of para-hydroxylation sites is 1. The second-order valence-electron chi connectivity index (χ2n) is 5.55. The van der Waals surface area contributed by atoms with Crippen LogP contribution in [0.2, 0.25) is 0 Å². The van der Waals surface area contributed by atoms with Crippen molar-refractivity contribution in [3.05, 3.63) is 71.6 Å². The van der Waals surface area contributed by atoms with Crippen LogP contribution in [0.1, 0.15) is 21.8 Å².